The van der Waals surface area contributed by atoms with Gasteiger partial charge in [-0.25, -0.2) is 25.5 Å². The van der Waals surface area contributed by atoms with Gasteiger partial charge in [-0.15, -0.1) is 0 Å². The lowest BCUT2D eigenvalue weighted by Gasteiger charge is -2.15. The number of amides is 1. The molecule has 0 bridgehead atoms. The van der Waals surface area contributed by atoms with Gasteiger partial charge in [-0.05, 0) is 48.0 Å². The van der Waals surface area contributed by atoms with E-state index < -0.39 is 31.8 Å². The quantitative estimate of drug-likeness (QED) is 0.503. The molecule has 0 spiro atoms. The Kier molecular flexibility index (Phi) is 7.15. The maximum Gasteiger partial charge on any atom is 0.261 e. The van der Waals surface area contributed by atoms with E-state index in [0.717, 1.165) is 10.4 Å². The number of hydrogen-bond donors (Lipinski definition) is 2. The monoisotopic (exact) mass is 491 g/mol. The molecule has 0 aromatic heterocycles. The second kappa shape index (κ2) is 9.69. The van der Waals surface area contributed by atoms with Crippen molar-refractivity contribution in [3.63, 3.8) is 0 Å². The number of hydrogen-bond acceptors (Lipinski definition) is 5. The number of para-hydroxylation sites is 1. The standard InChI is InChI=1S/C22H22FN3O5S2/c1-26(2)33(30,31)21-10-6-3-7-17(21)15-24-22(27)16-11-13-18(14-12-16)32(28,29)25-20-9-5-4-8-19(20)23/h3-14,25H,15H2,1-2H3,(H,24,27). The molecule has 3 aromatic carbocycles. The van der Waals surface area contributed by atoms with Crippen LogP contribution in [-0.2, 0) is 26.6 Å². The summed E-state index contributed by atoms with van der Waals surface area (Å²) in [5.74, 6) is -1.23. The number of benzene rings is 3. The van der Waals surface area contributed by atoms with Crippen molar-refractivity contribution < 1.29 is 26.0 Å². The van der Waals surface area contributed by atoms with Gasteiger partial charge < -0.3 is 5.32 Å². The van der Waals surface area contributed by atoms with Crippen molar-refractivity contribution in [2.24, 2.45) is 0 Å². The summed E-state index contributed by atoms with van der Waals surface area (Å²) in [5, 5.41) is 2.64. The second-order valence-corrected chi connectivity index (χ2v) is 11.0. The van der Waals surface area contributed by atoms with Crippen molar-refractivity contribution >= 4 is 31.6 Å². The highest BCUT2D eigenvalue weighted by molar-refractivity contribution is 7.92. The Bertz CT molecular complexity index is 1370. The Morgan fingerprint density at radius 2 is 1.48 bits per heavy atom. The Balaban J connectivity index is 1.73. The van der Waals surface area contributed by atoms with Crippen LogP contribution in [0.2, 0.25) is 0 Å². The van der Waals surface area contributed by atoms with Crippen molar-refractivity contribution in [1.82, 2.24) is 9.62 Å². The number of halogens is 1. The van der Waals surface area contributed by atoms with Crippen molar-refractivity contribution in [2.75, 3.05) is 18.8 Å². The number of nitrogens with one attached hydrogen (secondary N) is 2. The van der Waals surface area contributed by atoms with E-state index in [1.807, 2.05) is 0 Å². The minimum atomic E-state index is -4.06. The molecule has 0 aliphatic heterocycles. The summed E-state index contributed by atoms with van der Waals surface area (Å²) in [5.41, 5.74) is 0.395. The van der Waals surface area contributed by atoms with Crippen LogP contribution in [0.5, 0.6) is 0 Å². The smallest absolute Gasteiger partial charge is 0.261 e. The molecule has 8 nitrogen and oxygen atoms in total. The zero-order chi connectivity index (χ0) is 24.2. The van der Waals surface area contributed by atoms with Crippen molar-refractivity contribution in [2.45, 2.75) is 16.3 Å². The maximum atomic E-state index is 13.8. The van der Waals surface area contributed by atoms with Gasteiger partial charge in [-0.2, -0.15) is 0 Å². The summed E-state index contributed by atoms with van der Waals surface area (Å²) in [7, 11) is -4.91. The summed E-state index contributed by atoms with van der Waals surface area (Å²) in [4.78, 5) is 12.5. The Morgan fingerprint density at radius 1 is 0.879 bits per heavy atom. The average Bonchev–Trinajstić information content (AvgIpc) is 2.79. The summed E-state index contributed by atoms with van der Waals surface area (Å²) in [6, 6.07) is 16.8. The summed E-state index contributed by atoms with van der Waals surface area (Å²) in [6.45, 7) is -0.0447. The molecule has 0 aliphatic rings. The molecule has 0 radical (unpaired) electrons. The fourth-order valence-corrected chi connectivity index (χ4v) is 5.09. The van der Waals surface area contributed by atoms with Crippen molar-refractivity contribution in [1.29, 1.82) is 0 Å². The molecule has 0 atom stereocenters. The third-order valence-corrected chi connectivity index (χ3v) is 8.01. The van der Waals surface area contributed by atoms with Gasteiger partial charge in [-0.3, -0.25) is 9.52 Å². The molecule has 0 heterocycles. The van der Waals surface area contributed by atoms with Gasteiger partial charge in [0.2, 0.25) is 10.0 Å². The Hall–Kier alpha value is -3.28. The van der Waals surface area contributed by atoms with Gasteiger partial charge in [0.1, 0.15) is 5.82 Å². The lowest BCUT2D eigenvalue weighted by atomic mass is 10.2. The lowest BCUT2D eigenvalue weighted by Crippen LogP contribution is -2.27. The predicted octanol–water partition coefficient (Wildman–Crippen LogP) is 2.81. The molecule has 174 valence electrons. The predicted molar refractivity (Wildman–Crippen MR) is 122 cm³/mol. The van der Waals surface area contributed by atoms with Crippen LogP contribution in [0.15, 0.2) is 82.6 Å². The lowest BCUT2D eigenvalue weighted by molar-refractivity contribution is 0.0950. The third kappa shape index (κ3) is 5.56. The van der Waals surface area contributed by atoms with Crippen LogP contribution in [-0.4, -0.2) is 41.1 Å². The molecule has 3 rings (SSSR count). The molecular formula is C22H22FN3O5S2. The van der Waals surface area contributed by atoms with Crippen LogP contribution in [0.1, 0.15) is 15.9 Å². The van der Waals surface area contributed by atoms with Gasteiger partial charge in [-0.1, -0.05) is 30.3 Å². The SMILES string of the molecule is CN(C)S(=O)(=O)c1ccccc1CNC(=O)c1ccc(S(=O)(=O)Nc2ccccc2F)cc1. The van der Waals surface area contributed by atoms with E-state index in [1.165, 1.54) is 62.6 Å². The van der Waals surface area contributed by atoms with Gasteiger partial charge >= 0.3 is 0 Å². The molecular weight excluding hydrogens is 469 g/mol. The van der Waals surface area contributed by atoms with E-state index in [-0.39, 0.29) is 27.6 Å². The highest BCUT2D eigenvalue weighted by atomic mass is 32.2. The number of nitrogens with zero attached hydrogens (tertiary/aromatic N) is 1. The number of anilines is 1. The first-order valence-corrected chi connectivity index (χ1v) is 12.6. The highest BCUT2D eigenvalue weighted by Crippen LogP contribution is 2.20. The van der Waals surface area contributed by atoms with Crippen LogP contribution >= 0.6 is 0 Å². The summed E-state index contributed by atoms with van der Waals surface area (Å²) < 4.78 is 66.9. The number of sulfonamides is 2. The maximum absolute atomic E-state index is 13.8. The molecule has 11 heteroatoms. The zero-order valence-electron chi connectivity index (χ0n) is 17.8. The van der Waals surface area contributed by atoms with Crippen molar-refractivity contribution in [3.8, 4) is 0 Å². The van der Waals surface area contributed by atoms with Gasteiger partial charge in [0.25, 0.3) is 15.9 Å². The number of carbonyl (C=O) groups excluding carboxylic acids is 1. The highest BCUT2D eigenvalue weighted by Gasteiger charge is 2.21. The Labute approximate surface area is 192 Å². The molecule has 3 aromatic rings. The van der Waals surface area contributed by atoms with Crippen LogP contribution in [0.4, 0.5) is 10.1 Å². The number of carbonyl (C=O) groups is 1. The van der Waals surface area contributed by atoms with Gasteiger partial charge in [0.05, 0.1) is 15.5 Å². The van der Waals surface area contributed by atoms with E-state index in [9.17, 15) is 26.0 Å². The largest absolute Gasteiger partial charge is 0.348 e. The first kappa shape index (κ1) is 24.4. The van der Waals surface area contributed by atoms with Crippen LogP contribution in [0.25, 0.3) is 0 Å². The third-order valence-electron chi connectivity index (χ3n) is 4.72. The van der Waals surface area contributed by atoms with E-state index in [4.69, 9.17) is 0 Å². The first-order chi connectivity index (χ1) is 15.5. The molecule has 1 amide bonds. The van der Waals surface area contributed by atoms with E-state index in [1.54, 1.807) is 18.2 Å². The molecule has 2 N–H and O–H groups in total. The minimum absolute atomic E-state index is 0.0447. The fraction of sp³-hybridized carbons (Fsp3) is 0.136. The molecule has 0 saturated heterocycles. The van der Waals surface area contributed by atoms with Crippen LogP contribution in [0.3, 0.4) is 0 Å². The normalized spacial score (nSPS) is 11.9. The average molecular weight is 492 g/mol. The summed E-state index contributed by atoms with van der Waals surface area (Å²) in [6.07, 6.45) is 0. The van der Waals surface area contributed by atoms with Crippen LogP contribution < -0.4 is 10.0 Å². The molecule has 0 unspecified atom stereocenters. The molecule has 33 heavy (non-hydrogen) atoms. The van der Waals surface area contributed by atoms with E-state index in [2.05, 4.69) is 10.0 Å². The first-order valence-electron chi connectivity index (χ1n) is 9.68. The van der Waals surface area contributed by atoms with Crippen LogP contribution in [0, 0.1) is 5.82 Å². The second-order valence-electron chi connectivity index (χ2n) is 7.19. The zero-order valence-corrected chi connectivity index (χ0v) is 19.5. The topological polar surface area (TPSA) is 113 Å². The summed E-state index contributed by atoms with van der Waals surface area (Å²) >= 11 is 0. The van der Waals surface area contributed by atoms with Gasteiger partial charge in [0, 0.05) is 26.2 Å². The molecule has 0 saturated carbocycles. The molecule has 0 fully saturated rings. The Morgan fingerprint density at radius 3 is 2.12 bits per heavy atom. The van der Waals surface area contributed by atoms with E-state index >= 15 is 0 Å². The van der Waals surface area contributed by atoms with E-state index in [0.29, 0.717) is 5.56 Å². The fourth-order valence-electron chi connectivity index (χ4n) is 2.91. The van der Waals surface area contributed by atoms with Crippen molar-refractivity contribution in [3.05, 3.63) is 89.7 Å². The minimum Gasteiger partial charge on any atom is -0.348 e. The number of rotatable bonds is 8. The molecule has 0 aliphatic carbocycles. The van der Waals surface area contributed by atoms with Gasteiger partial charge in [0.15, 0.2) is 0 Å².